The fourth-order valence-electron chi connectivity index (χ4n) is 3.08. The lowest BCUT2D eigenvalue weighted by Gasteiger charge is -2.33. The number of aryl methyl sites for hydroxylation is 2. The Morgan fingerprint density at radius 3 is 2.67 bits per heavy atom. The molecule has 0 radical (unpaired) electrons. The molecule has 1 aliphatic carbocycles. The average Bonchev–Trinajstić information content (AvgIpc) is 2.34. The first-order valence-corrected chi connectivity index (χ1v) is 7.40. The zero-order chi connectivity index (χ0) is 13.1. The topological polar surface area (TPSA) is 12.0 Å². The van der Waals surface area contributed by atoms with Crippen molar-refractivity contribution in [2.24, 2.45) is 11.8 Å². The van der Waals surface area contributed by atoms with Gasteiger partial charge in [0.1, 0.15) is 0 Å². The van der Waals surface area contributed by atoms with Gasteiger partial charge in [0, 0.05) is 11.7 Å². The molecule has 1 saturated carbocycles. The third kappa shape index (κ3) is 3.28. The third-order valence-electron chi connectivity index (χ3n) is 4.41. The SMILES string of the molecule is Cc1ccc(C)c(NC2CCCC(C(C)C)C2)c1. The molecule has 0 aromatic heterocycles. The van der Waals surface area contributed by atoms with Crippen LogP contribution in [0.3, 0.4) is 0 Å². The summed E-state index contributed by atoms with van der Waals surface area (Å²) in [7, 11) is 0. The van der Waals surface area contributed by atoms with Gasteiger partial charge in [-0.25, -0.2) is 0 Å². The van der Waals surface area contributed by atoms with Gasteiger partial charge in [0.15, 0.2) is 0 Å². The molecule has 0 heterocycles. The molecule has 2 rings (SSSR count). The smallest absolute Gasteiger partial charge is 0.0374 e. The highest BCUT2D eigenvalue weighted by atomic mass is 14.9. The second kappa shape index (κ2) is 5.77. The van der Waals surface area contributed by atoms with Crippen molar-refractivity contribution >= 4 is 5.69 Å². The molecule has 1 aliphatic rings. The van der Waals surface area contributed by atoms with Gasteiger partial charge in [0.2, 0.25) is 0 Å². The molecule has 0 bridgehead atoms. The van der Waals surface area contributed by atoms with E-state index >= 15 is 0 Å². The number of hydrogen-bond acceptors (Lipinski definition) is 1. The molecule has 2 atom stereocenters. The minimum Gasteiger partial charge on any atom is -0.382 e. The molecule has 2 unspecified atom stereocenters. The second-order valence-electron chi connectivity index (χ2n) is 6.33. The largest absolute Gasteiger partial charge is 0.382 e. The molecular formula is C17H27N. The molecule has 18 heavy (non-hydrogen) atoms. The first kappa shape index (κ1) is 13.5. The summed E-state index contributed by atoms with van der Waals surface area (Å²) in [6.45, 7) is 9.10. The number of hydrogen-bond donors (Lipinski definition) is 1. The Hall–Kier alpha value is -0.980. The minimum atomic E-state index is 0.673. The first-order chi connectivity index (χ1) is 8.56. The molecule has 0 amide bonds. The Bertz CT molecular complexity index is 395. The Balaban J connectivity index is 2.02. The van der Waals surface area contributed by atoms with Crippen LogP contribution in [-0.2, 0) is 0 Å². The number of rotatable bonds is 3. The van der Waals surface area contributed by atoms with E-state index in [0.29, 0.717) is 6.04 Å². The second-order valence-corrected chi connectivity index (χ2v) is 6.33. The van der Waals surface area contributed by atoms with Crippen molar-refractivity contribution in [2.45, 2.75) is 59.4 Å². The summed E-state index contributed by atoms with van der Waals surface area (Å²) >= 11 is 0. The maximum absolute atomic E-state index is 3.77. The Kier molecular flexibility index (Phi) is 4.31. The maximum atomic E-state index is 3.77. The van der Waals surface area contributed by atoms with Gasteiger partial charge in [-0.05, 0) is 55.7 Å². The summed E-state index contributed by atoms with van der Waals surface area (Å²) in [4.78, 5) is 0. The van der Waals surface area contributed by atoms with Crippen LogP contribution in [-0.4, -0.2) is 6.04 Å². The van der Waals surface area contributed by atoms with E-state index < -0.39 is 0 Å². The molecular weight excluding hydrogens is 218 g/mol. The number of anilines is 1. The van der Waals surface area contributed by atoms with E-state index in [-0.39, 0.29) is 0 Å². The van der Waals surface area contributed by atoms with Gasteiger partial charge in [-0.3, -0.25) is 0 Å². The van der Waals surface area contributed by atoms with Gasteiger partial charge in [0.25, 0.3) is 0 Å². The Morgan fingerprint density at radius 2 is 1.94 bits per heavy atom. The lowest BCUT2D eigenvalue weighted by Crippen LogP contribution is -2.29. The van der Waals surface area contributed by atoms with Crippen LogP contribution in [0.5, 0.6) is 0 Å². The van der Waals surface area contributed by atoms with Crippen LogP contribution in [0, 0.1) is 25.7 Å². The number of nitrogens with one attached hydrogen (secondary N) is 1. The van der Waals surface area contributed by atoms with Crippen LogP contribution in [0.15, 0.2) is 18.2 Å². The van der Waals surface area contributed by atoms with Crippen LogP contribution < -0.4 is 5.32 Å². The average molecular weight is 245 g/mol. The predicted octanol–water partition coefficient (Wildman–Crippen LogP) is 4.93. The molecule has 0 spiro atoms. The summed E-state index contributed by atoms with van der Waals surface area (Å²) in [5.74, 6) is 1.73. The van der Waals surface area contributed by atoms with E-state index in [1.165, 1.54) is 42.5 Å². The van der Waals surface area contributed by atoms with Crippen molar-refractivity contribution in [3.05, 3.63) is 29.3 Å². The highest BCUT2D eigenvalue weighted by Crippen LogP contribution is 2.32. The van der Waals surface area contributed by atoms with Crippen LogP contribution in [0.4, 0.5) is 5.69 Å². The van der Waals surface area contributed by atoms with Gasteiger partial charge >= 0.3 is 0 Å². The maximum Gasteiger partial charge on any atom is 0.0374 e. The molecule has 1 aromatic rings. The standard InChI is InChI=1S/C17H27N/c1-12(2)15-6-5-7-16(11-15)18-17-10-13(3)8-9-14(17)4/h8-10,12,15-16,18H,5-7,11H2,1-4H3. The molecule has 1 nitrogen and oxygen atoms in total. The molecule has 0 aliphatic heterocycles. The van der Waals surface area contributed by atoms with Gasteiger partial charge < -0.3 is 5.32 Å². The van der Waals surface area contributed by atoms with Crippen LogP contribution in [0.25, 0.3) is 0 Å². The molecule has 0 saturated heterocycles. The highest BCUT2D eigenvalue weighted by Gasteiger charge is 2.24. The van der Waals surface area contributed by atoms with E-state index in [1.807, 2.05) is 0 Å². The van der Waals surface area contributed by atoms with E-state index in [9.17, 15) is 0 Å². The number of benzene rings is 1. The van der Waals surface area contributed by atoms with E-state index in [4.69, 9.17) is 0 Å². The lowest BCUT2D eigenvalue weighted by atomic mass is 9.79. The zero-order valence-electron chi connectivity index (χ0n) is 12.3. The van der Waals surface area contributed by atoms with Crippen LogP contribution >= 0.6 is 0 Å². The zero-order valence-corrected chi connectivity index (χ0v) is 12.3. The first-order valence-electron chi connectivity index (χ1n) is 7.40. The summed E-state index contributed by atoms with van der Waals surface area (Å²) < 4.78 is 0. The molecule has 100 valence electrons. The van der Waals surface area contributed by atoms with Crippen molar-refractivity contribution in [1.29, 1.82) is 0 Å². The van der Waals surface area contributed by atoms with Crippen LogP contribution in [0.2, 0.25) is 0 Å². The Morgan fingerprint density at radius 1 is 1.17 bits per heavy atom. The molecule has 1 heteroatoms. The monoisotopic (exact) mass is 245 g/mol. The minimum absolute atomic E-state index is 0.673. The third-order valence-corrected chi connectivity index (χ3v) is 4.41. The fourth-order valence-corrected chi connectivity index (χ4v) is 3.08. The van der Waals surface area contributed by atoms with E-state index in [2.05, 4.69) is 51.2 Å². The van der Waals surface area contributed by atoms with Gasteiger partial charge in [-0.2, -0.15) is 0 Å². The van der Waals surface area contributed by atoms with Crippen molar-refractivity contribution < 1.29 is 0 Å². The van der Waals surface area contributed by atoms with Crippen molar-refractivity contribution in [1.82, 2.24) is 0 Å². The van der Waals surface area contributed by atoms with E-state index in [0.717, 1.165) is 11.8 Å². The van der Waals surface area contributed by atoms with Crippen molar-refractivity contribution in [3.8, 4) is 0 Å². The molecule has 1 N–H and O–H groups in total. The van der Waals surface area contributed by atoms with Crippen LogP contribution in [0.1, 0.15) is 50.7 Å². The van der Waals surface area contributed by atoms with Gasteiger partial charge in [-0.1, -0.05) is 38.8 Å². The quantitative estimate of drug-likeness (QED) is 0.796. The summed E-state index contributed by atoms with van der Waals surface area (Å²) in [6.07, 6.45) is 5.47. The van der Waals surface area contributed by atoms with Crippen molar-refractivity contribution in [3.63, 3.8) is 0 Å². The normalized spacial score (nSPS) is 24.3. The van der Waals surface area contributed by atoms with Gasteiger partial charge in [-0.15, -0.1) is 0 Å². The summed E-state index contributed by atoms with van der Waals surface area (Å²) in [6, 6.07) is 7.37. The van der Waals surface area contributed by atoms with E-state index in [1.54, 1.807) is 0 Å². The lowest BCUT2D eigenvalue weighted by molar-refractivity contribution is 0.264. The Labute approximate surface area is 112 Å². The predicted molar refractivity (Wildman–Crippen MR) is 80.1 cm³/mol. The molecule has 1 fully saturated rings. The summed E-state index contributed by atoms with van der Waals surface area (Å²) in [5.41, 5.74) is 4.05. The van der Waals surface area contributed by atoms with Crippen molar-refractivity contribution in [2.75, 3.05) is 5.32 Å². The van der Waals surface area contributed by atoms with Gasteiger partial charge in [0.05, 0.1) is 0 Å². The summed E-state index contributed by atoms with van der Waals surface area (Å²) in [5, 5.41) is 3.77. The molecule has 1 aromatic carbocycles. The fraction of sp³-hybridized carbons (Fsp3) is 0.647. The highest BCUT2D eigenvalue weighted by molar-refractivity contribution is 5.53.